The first kappa shape index (κ1) is 19.2. The van der Waals surface area contributed by atoms with Crippen molar-refractivity contribution < 1.29 is 23.5 Å². The molecular formula is C19H21FN2O4. The molecule has 2 N–H and O–H groups in total. The van der Waals surface area contributed by atoms with Crippen LogP contribution in [0.1, 0.15) is 17.2 Å². The van der Waals surface area contributed by atoms with E-state index in [2.05, 4.69) is 10.6 Å². The normalized spacial score (nSPS) is 11.3. The minimum absolute atomic E-state index is 0.368. The van der Waals surface area contributed by atoms with Gasteiger partial charge in [-0.2, -0.15) is 0 Å². The zero-order valence-corrected chi connectivity index (χ0v) is 14.6. The minimum Gasteiger partial charge on any atom is -0.493 e. The van der Waals surface area contributed by atoms with Crippen LogP contribution in [0.3, 0.4) is 0 Å². The van der Waals surface area contributed by atoms with Crippen molar-refractivity contribution in [1.82, 2.24) is 10.6 Å². The molecule has 0 radical (unpaired) electrons. The molecule has 0 heterocycles. The van der Waals surface area contributed by atoms with Crippen molar-refractivity contribution in [2.45, 2.75) is 12.5 Å². The van der Waals surface area contributed by atoms with E-state index in [-0.39, 0.29) is 5.91 Å². The summed E-state index contributed by atoms with van der Waals surface area (Å²) in [6.45, 7) is 0.368. The maximum absolute atomic E-state index is 13.0. The summed E-state index contributed by atoms with van der Waals surface area (Å²) < 4.78 is 23.5. The van der Waals surface area contributed by atoms with Gasteiger partial charge in [-0.3, -0.25) is 9.59 Å². The van der Waals surface area contributed by atoms with E-state index in [1.165, 1.54) is 24.3 Å². The molecule has 0 fully saturated rings. The van der Waals surface area contributed by atoms with Gasteiger partial charge >= 0.3 is 0 Å². The summed E-state index contributed by atoms with van der Waals surface area (Å²) in [6, 6.07) is 10.1. The number of nitrogens with one attached hydrogen (secondary N) is 2. The van der Waals surface area contributed by atoms with Crippen molar-refractivity contribution >= 4 is 12.3 Å². The summed E-state index contributed by atoms with van der Waals surface area (Å²) >= 11 is 0. The van der Waals surface area contributed by atoms with E-state index in [9.17, 15) is 14.0 Å². The number of hydrogen-bond acceptors (Lipinski definition) is 4. The van der Waals surface area contributed by atoms with Crippen molar-refractivity contribution in [2.24, 2.45) is 0 Å². The lowest BCUT2D eigenvalue weighted by Gasteiger charge is -2.16. The second kappa shape index (κ2) is 9.41. The molecule has 0 saturated heterocycles. The Labute approximate surface area is 151 Å². The fourth-order valence-corrected chi connectivity index (χ4v) is 2.51. The third kappa shape index (κ3) is 4.95. The standard InChI is InChI=1S/C19H21FN2O4/c1-25-16-8-3-13(11-17(16)26-2)9-10-21-19(24)18(22-12-23)14-4-6-15(20)7-5-14/h3-8,11-12,18H,9-10H2,1-2H3,(H,21,24)(H,22,23). The number of rotatable bonds is 9. The van der Waals surface area contributed by atoms with Crippen LogP contribution in [0.2, 0.25) is 0 Å². The summed E-state index contributed by atoms with van der Waals surface area (Å²) in [6.07, 6.45) is 1.02. The van der Waals surface area contributed by atoms with Crippen molar-refractivity contribution in [3.8, 4) is 11.5 Å². The molecule has 0 saturated carbocycles. The van der Waals surface area contributed by atoms with Gasteiger partial charge in [0, 0.05) is 6.54 Å². The molecule has 2 aromatic rings. The van der Waals surface area contributed by atoms with Crippen LogP contribution in [0.4, 0.5) is 4.39 Å². The third-order valence-corrected chi connectivity index (χ3v) is 3.86. The first-order valence-corrected chi connectivity index (χ1v) is 8.02. The van der Waals surface area contributed by atoms with Gasteiger partial charge in [0.25, 0.3) is 0 Å². The van der Waals surface area contributed by atoms with Crippen LogP contribution < -0.4 is 20.1 Å². The number of halogens is 1. The maximum Gasteiger partial charge on any atom is 0.247 e. The zero-order valence-electron chi connectivity index (χ0n) is 14.6. The van der Waals surface area contributed by atoms with Gasteiger partial charge in [0.1, 0.15) is 11.9 Å². The zero-order chi connectivity index (χ0) is 18.9. The molecule has 0 bridgehead atoms. The molecule has 1 atom stereocenters. The second-order valence-corrected chi connectivity index (χ2v) is 5.50. The fourth-order valence-electron chi connectivity index (χ4n) is 2.51. The van der Waals surface area contributed by atoms with Gasteiger partial charge in [-0.15, -0.1) is 0 Å². The molecule has 0 aromatic heterocycles. The van der Waals surface area contributed by atoms with Crippen LogP contribution in [-0.2, 0) is 16.0 Å². The molecule has 0 aliphatic heterocycles. The number of benzene rings is 2. The Bertz CT molecular complexity index is 750. The lowest BCUT2D eigenvalue weighted by molar-refractivity contribution is -0.125. The van der Waals surface area contributed by atoms with Crippen LogP contribution in [0.15, 0.2) is 42.5 Å². The van der Waals surface area contributed by atoms with Crippen molar-refractivity contribution in [1.29, 1.82) is 0 Å². The molecule has 2 rings (SSSR count). The van der Waals surface area contributed by atoms with E-state index >= 15 is 0 Å². The summed E-state index contributed by atoms with van der Waals surface area (Å²) in [5.74, 6) is 0.464. The average molecular weight is 360 g/mol. The van der Waals surface area contributed by atoms with Gasteiger partial charge in [0.05, 0.1) is 14.2 Å². The number of carbonyl (C=O) groups is 2. The van der Waals surface area contributed by atoms with Gasteiger partial charge in [0.15, 0.2) is 11.5 Å². The quantitative estimate of drug-likeness (QED) is 0.671. The highest BCUT2D eigenvalue weighted by Gasteiger charge is 2.19. The number of hydrogen-bond donors (Lipinski definition) is 2. The lowest BCUT2D eigenvalue weighted by Crippen LogP contribution is -2.38. The summed E-state index contributed by atoms with van der Waals surface area (Å²) in [4.78, 5) is 23.2. The van der Waals surface area contributed by atoms with Gasteiger partial charge < -0.3 is 20.1 Å². The van der Waals surface area contributed by atoms with Gasteiger partial charge in [-0.25, -0.2) is 4.39 Å². The van der Waals surface area contributed by atoms with Gasteiger partial charge in [-0.1, -0.05) is 18.2 Å². The third-order valence-electron chi connectivity index (χ3n) is 3.86. The smallest absolute Gasteiger partial charge is 0.247 e. The summed E-state index contributed by atoms with van der Waals surface area (Å²) in [7, 11) is 3.12. The molecule has 7 heteroatoms. The Morgan fingerprint density at radius 1 is 1.12 bits per heavy atom. The highest BCUT2D eigenvalue weighted by atomic mass is 19.1. The highest BCUT2D eigenvalue weighted by Crippen LogP contribution is 2.27. The minimum atomic E-state index is -0.876. The van der Waals surface area contributed by atoms with Crippen LogP contribution in [0.5, 0.6) is 11.5 Å². The van der Waals surface area contributed by atoms with Crippen molar-refractivity contribution in [3.05, 3.63) is 59.4 Å². The average Bonchev–Trinajstić information content (AvgIpc) is 2.66. The van der Waals surface area contributed by atoms with Gasteiger partial charge in [-0.05, 0) is 41.8 Å². The highest BCUT2D eigenvalue weighted by molar-refractivity contribution is 5.84. The molecule has 0 aliphatic carbocycles. The molecule has 0 spiro atoms. The largest absolute Gasteiger partial charge is 0.493 e. The van der Waals surface area contributed by atoms with Crippen LogP contribution in [0, 0.1) is 5.82 Å². The van der Waals surface area contributed by atoms with E-state index in [1.807, 2.05) is 12.1 Å². The molecular weight excluding hydrogens is 339 g/mol. The Kier molecular flexibility index (Phi) is 6.96. The number of ether oxygens (including phenoxy) is 2. The van der Waals surface area contributed by atoms with Gasteiger partial charge in [0.2, 0.25) is 12.3 Å². The monoisotopic (exact) mass is 360 g/mol. The SMILES string of the molecule is COc1ccc(CCNC(=O)C(NC=O)c2ccc(F)cc2)cc1OC. The van der Waals surface area contributed by atoms with Crippen LogP contribution in [0.25, 0.3) is 0 Å². The molecule has 0 aliphatic rings. The number of amides is 2. The van der Waals surface area contributed by atoms with Crippen LogP contribution in [-0.4, -0.2) is 33.1 Å². The molecule has 26 heavy (non-hydrogen) atoms. The van der Waals surface area contributed by atoms with Crippen molar-refractivity contribution in [2.75, 3.05) is 20.8 Å². The molecule has 6 nitrogen and oxygen atoms in total. The summed E-state index contributed by atoms with van der Waals surface area (Å²) in [5, 5.41) is 5.22. The second-order valence-electron chi connectivity index (χ2n) is 5.50. The number of carbonyl (C=O) groups excluding carboxylic acids is 2. The van der Waals surface area contributed by atoms with E-state index in [1.54, 1.807) is 20.3 Å². The van der Waals surface area contributed by atoms with Crippen LogP contribution >= 0.6 is 0 Å². The summed E-state index contributed by atoms with van der Waals surface area (Å²) in [5.41, 5.74) is 1.46. The first-order valence-electron chi connectivity index (χ1n) is 8.02. The predicted molar refractivity (Wildman–Crippen MR) is 94.6 cm³/mol. The molecule has 2 amide bonds. The first-order chi connectivity index (χ1) is 12.6. The lowest BCUT2D eigenvalue weighted by atomic mass is 10.1. The molecule has 138 valence electrons. The Balaban J connectivity index is 1.97. The molecule has 2 aromatic carbocycles. The van der Waals surface area contributed by atoms with E-state index in [0.29, 0.717) is 36.4 Å². The van der Waals surface area contributed by atoms with Crippen molar-refractivity contribution in [3.63, 3.8) is 0 Å². The topological polar surface area (TPSA) is 76.7 Å². The maximum atomic E-state index is 13.0. The predicted octanol–water partition coefficient (Wildman–Crippen LogP) is 1.99. The number of methoxy groups -OCH3 is 2. The van der Waals surface area contributed by atoms with E-state index < -0.39 is 11.9 Å². The Morgan fingerprint density at radius 2 is 1.81 bits per heavy atom. The fraction of sp³-hybridized carbons (Fsp3) is 0.263. The Hall–Kier alpha value is -3.09. The van der Waals surface area contributed by atoms with E-state index in [4.69, 9.17) is 9.47 Å². The molecule has 1 unspecified atom stereocenters. The van der Waals surface area contributed by atoms with E-state index in [0.717, 1.165) is 5.56 Å². The Morgan fingerprint density at radius 3 is 2.42 bits per heavy atom.